The molecule has 1 aliphatic rings. The molecule has 2 rings (SSSR count). The Morgan fingerprint density at radius 2 is 2.05 bits per heavy atom. The molecule has 1 aromatic carbocycles. The molecule has 1 aliphatic heterocycles. The predicted octanol–water partition coefficient (Wildman–Crippen LogP) is 3.59. The maximum Gasteiger partial charge on any atom is 0.306 e. The van der Waals surface area contributed by atoms with Crippen molar-refractivity contribution in [3.05, 3.63) is 28.8 Å². The van der Waals surface area contributed by atoms with Gasteiger partial charge in [0.15, 0.2) is 0 Å². The van der Waals surface area contributed by atoms with Crippen molar-refractivity contribution in [1.82, 2.24) is 0 Å². The highest BCUT2D eigenvalue weighted by molar-refractivity contribution is 6.33. The van der Waals surface area contributed by atoms with Gasteiger partial charge in [0.2, 0.25) is 0 Å². The number of carboxylic acid groups (broad SMARTS) is 1. The zero-order chi connectivity index (χ0) is 13.8. The molecule has 4 heteroatoms. The number of nitrogens with zero attached hydrogens (tertiary/aromatic N) is 1. The summed E-state index contributed by atoms with van der Waals surface area (Å²) in [5, 5.41) is 9.66. The summed E-state index contributed by atoms with van der Waals surface area (Å²) in [6, 6.07) is 5.93. The third-order valence-corrected chi connectivity index (χ3v) is 3.98. The number of hydrogen-bond acceptors (Lipinski definition) is 2. The molecule has 1 aromatic rings. The van der Waals surface area contributed by atoms with Gasteiger partial charge in [-0.05, 0) is 43.4 Å². The van der Waals surface area contributed by atoms with Crippen molar-refractivity contribution in [1.29, 1.82) is 0 Å². The van der Waals surface area contributed by atoms with Crippen molar-refractivity contribution >= 4 is 23.3 Å². The van der Waals surface area contributed by atoms with Crippen LogP contribution in [0.25, 0.3) is 0 Å². The highest BCUT2D eigenvalue weighted by Gasteiger charge is 2.16. The highest BCUT2D eigenvalue weighted by Crippen LogP contribution is 2.29. The minimum Gasteiger partial charge on any atom is -0.481 e. The Labute approximate surface area is 119 Å². The summed E-state index contributed by atoms with van der Waals surface area (Å²) in [6.07, 6.45) is 4.25. The molecule has 0 aliphatic carbocycles. The van der Waals surface area contributed by atoms with Crippen LogP contribution >= 0.6 is 11.6 Å². The molecule has 0 saturated carbocycles. The number of aliphatic carboxylic acids is 1. The molecule has 0 radical (unpaired) electrons. The Morgan fingerprint density at radius 1 is 1.37 bits per heavy atom. The topological polar surface area (TPSA) is 40.5 Å². The second-order valence-electron chi connectivity index (χ2n) is 5.28. The van der Waals surface area contributed by atoms with E-state index < -0.39 is 5.97 Å². The third kappa shape index (κ3) is 3.63. The van der Waals surface area contributed by atoms with Gasteiger partial charge >= 0.3 is 5.97 Å². The number of carboxylic acids is 1. The van der Waals surface area contributed by atoms with Crippen molar-refractivity contribution in [2.24, 2.45) is 5.92 Å². The van der Waals surface area contributed by atoms with E-state index in [2.05, 4.69) is 4.90 Å². The Bertz CT molecular complexity index is 455. The normalized spacial score (nSPS) is 17.3. The average molecular weight is 282 g/mol. The number of anilines is 1. The van der Waals surface area contributed by atoms with Crippen molar-refractivity contribution in [2.75, 3.05) is 18.0 Å². The number of halogens is 1. The molecule has 1 heterocycles. The fourth-order valence-corrected chi connectivity index (χ4v) is 2.83. The van der Waals surface area contributed by atoms with Gasteiger partial charge < -0.3 is 10.0 Å². The Morgan fingerprint density at radius 3 is 2.63 bits per heavy atom. The van der Waals surface area contributed by atoms with Crippen LogP contribution in [-0.4, -0.2) is 24.2 Å². The summed E-state index contributed by atoms with van der Waals surface area (Å²) in [4.78, 5) is 13.2. The van der Waals surface area contributed by atoms with Crippen molar-refractivity contribution in [3.63, 3.8) is 0 Å². The molecule has 1 unspecified atom stereocenters. The molecule has 0 bridgehead atoms. The molecule has 0 aromatic heterocycles. The van der Waals surface area contributed by atoms with Gasteiger partial charge in [-0.2, -0.15) is 0 Å². The number of rotatable bonds is 4. The van der Waals surface area contributed by atoms with E-state index in [0.717, 1.165) is 29.4 Å². The van der Waals surface area contributed by atoms with Gasteiger partial charge in [0.25, 0.3) is 0 Å². The minimum atomic E-state index is -0.767. The van der Waals surface area contributed by atoms with Crippen LogP contribution in [0.1, 0.15) is 31.7 Å². The first-order valence-corrected chi connectivity index (χ1v) is 7.22. The lowest BCUT2D eigenvalue weighted by molar-refractivity contribution is -0.141. The van der Waals surface area contributed by atoms with Crippen LogP contribution in [0.5, 0.6) is 0 Å². The molecular formula is C15H20ClNO2. The van der Waals surface area contributed by atoms with E-state index in [1.54, 1.807) is 6.92 Å². The second-order valence-corrected chi connectivity index (χ2v) is 5.68. The van der Waals surface area contributed by atoms with E-state index in [4.69, 9.17) is 16.7 Å². The van der Waals surface area contributed by atoms with Crippen molar-refractivity contribution in [3.8, 4) is 0 Å². The molecular weight excluding hydrogens is 262 g/mol. The molecule has 1 atom stereocenters. The van der Waals surface area contributed by atoms with Crippen molar-refractivity contribution in [2.45, 2.75) is 32.6 Å². The lowest BCUT2D eigenvalue weighted by atomic mass is 10.0. The fourth-order valence-electron chi connectivity index (χ4n) is 2.51. The summed E-state index contributed by atoms with van der Waals surface area (Å²) in [5.41, 5.74) is 2.06. The van der Waals surface area contributed by atoms with Crippen molar-refractivity contribution < 1.29 is 9.90 Å². The molecule has 1 fully saturated rings. The smallest absolute Gasteiger partial charge is 0.306 e. The quantitative estimate of drug-likeness (QED) is 0.917. The first kappa shape index (κ1) is 14.2. The molecule has 19 heavy (non-hydrogen) atoms. The number of hydrogen-bond donors (Lipinski definition) is 1. The van der Waals surface area contributed by atoms with Crippen LogP contribution in [-0.2, 0) is 11.2 Å². The van der Waals surface area contributed by atoms with Gasteiger partial charge in [-0.25, -0.2) is 0 Å². The highest BCUT2D eigenvalue weighted by atomic mass is 35.5. The molecule has 104 valence electrons. The zero-order valence-corrected chi connectivity index (χ0v) is 12.0. The second kappa shape index (κ2) is 6.29. The molecule has 1 N–H and O–H groups in total. The van der Waals surface area contributed by atoms with Gasteiger partial charge in [-0.3, -0.25) is 4.79 Å². The van der Waals surface area contributed by atoms with Gasteiger partial charge in [-0.15, -0.1) is 0 Å². The Balaban J connectivity index is 2.10. The monoisotopic (exact) mass is 281 g/mol. The first-order chi connectivity index (χ1) is 9.08. The van der Waals surface area contributed by atoms with Gasteiger partial charge in [-0.1, -0.05) is 24.6 Å². The van der Waals surface area contributed by atoms with Crippen LogP contribution in [0.2, 0.25) is 5.02 Å². The predicted molar refractivity (Wildman–Crippen MR) is 78.0 cm³/mol. The minimum absolute atomic E-state index is 0.378. The lowest BCUT2D eigenvalue weighted by Gasteiger charge is -2.29. The van der Waals surface area contributed by atoms with Gasteiger partial charge in [0, 0.05) is 13.1 Å². The van der Waals surface area contributed by atoms with Gasteiger partial charge in [0.1, 0.15) is 0 Å². The summed E-state index contributed by atoms with van der Waals surface area (Å²) in [5.74, 6) is -1.15. The first-order valence-electron chi connectivity index (χ1n) is 6.84. The van der Waals surface area contributed by atoms with E-state index in [1.807, 2.05) is 18.2 Å². The van der Waals surface area contributed by atoms with Crippen LogP contribution in [0.15, 0.2) is 18.2 Å². The summed E-state index contributed by atoms with van der Waals surface area (Å²) >= 11 is 6.34. The number of carbonyl (C=O) groups is 1. The summed E-state index contributed by atoms with van der Waals surface area (Å²) in [6.45, 7) is 3.84. The fraction of sp³-hybridized carbons (Fsp3) is 0.533. The van der Waals surface area contributed by atoms with E-state index in [9.17, 15) is 4.79 Å². The lowest BCUT2D eigenvalue weighted by Crippen LogP contribution is -2.29. The largest absolute Gasteiger partial charge is 0.481 e. The van der Waals surface area contributed by atoms with E-state index in [-0.39, 0.29) is 5.92 Å². The molecule has 3 nitrogen and oxygen atoms in total. The maximum absolute atomic E-state index is 10.9. The molecule has 1 saturated heterocycles. The summed E-state index contributed by atoms with van der Waals surface area (Å²) < 4.78 is 0. The zero-order valence-electron chi connectivity index (χ0n) is 11.2. The van der Waals surface area contributed by atoms with Crippen LogP contribution in [0.3, 0.4) is 0 Å². The van der Waals surface area contributed by atoms with E-state index >= 15 is 0 Å². The third-order valence-electron chi connectivity index (χ3n) is 3.67. The number of piperidine rings is 1. The van der Waals surface area contributed by atoms with Gasteiger partial charge in [0.05, 0.1) is 16.6 Å². The van der Waals surface area contributed by atoms with Crippen LogP contribution in [0.4, 0.5) is 5.69 Å². The van der Waals surface area contributed by atoms with E-state index in [0.29, 0.717) is 6.42 Å². The molecule has 0 spiro atoms. The SMILES string of the molecule is CC(Cc1ccc(N2CCCCC2)c(Cl)c1)C(=O)O. The van der Waals surface area contributed by atoms with Crippen LogP contribution in [0, 0.1) is 5.92 Å². The summed E-state index contributed by atoms with van der Waals surface area (Å²) in [7, 11) is 0. The number of benzene rings is 1. The Kier molecular flexibility index (Phi) is 4.70. The van der Waals surface area contributed by atoms with E-state index in [1.165, 1.54) is 19.3 Å². The molecule has 0 amide bonds. The average Bonchev–Trinajstić information content (AvgIpc) is 2.39. The Hall–Kier alpha value is -1.22. The standard InChI is InChI=1S/C15H20ClNO2/c1-11(15(18)19)9-12-5-6-14(13(16)10-12)17-7-3-2-4-8-17/h5-6,10-11H,2-4,7-9H2,1H3,(H,18,19). The van der Waals surface area contributed by atoms with Crippen LogP contribution < -0.4 is 4.90 Å². The maximum atomic E-state index is 10.9.